The van der Waals surface area contributed by atoms with E-state index in [-0.39, 0.29) is 24.9 Å². The van der Waals surface area contributed by atoms with Crippen molar-refractivity contribution in [1.29, 1.82) is 0 Å². The first-order valence-electron chi connectivity index (χ1n) is 11.8. The van der Waals surface area contributed by atoms with Gasteiger partial charge in [0.05, 0.1) is 12.5 Å². The molecule has 8 heteroatoms. The SMILES string of the molecule is CC[C@H](C)[C@@H](COc1ccc(-c2ccc(Cl)cc2Cl)cc1)Nc1ccc(C(=O)NCCC(=O)O)cc1. The third-order valence-electron chi connectivity index (χ3n) is 5.98. The molecule has 36 heavy (non-hydrogen) atoms. The van der Waals surface area contributed by atoms with Gasteiger partial charge in [-0.25, -0.2) is 0 Å². The number of nitrogens with one attached hydrogen (secondary N) is 2. The van der Waals surface area contributed by atoms with Gasteiger partial charge in [-0.15, -0.1) is 0 Å². The maximum absolute atomic E-state index is 12.2. The normalized spacial score (nSPS) is 12.4. The molecule has 0 aliphatic rings. The Balaban J connectivity index is 1.60. The number of carbonyl (C=O) groups is 2. The third-order valence-corrected chi connectivity index (χ3v) is 6.53. The number of carboxylic acids is 1. The molecule has 0 saturated heterocycles. The summed E-state index contributed by atoms with van der Waals surface area (Å²) in [6.07, 6.45) is 0.860. The Bertz CT molecular complexity index is 1170. The van der Waals surface area contributed by atoms with Crippen molar-refractivity contribution in [3.05, 3.63) is 82.3 Å². The summed E-state index contributed by atoms with van der Waals surface area (Å²) in [6.45, 7) is 4.86. The van der Waals surface area contributed by atoms with Crippen molar-refractivity contribution < 1.29 is 19.4 Å². The molecular weight excluding hydrogens is 499 g/mol. The summed E-state index contributed by atoms with van der Waals surface area (Å²) >= 11 is 12.3. The number of carboxylic acid groups (broad SMARTS) is 1. The van der Waals surface area contributed by atoms with Gasteiger partial charge in [0.1, 0.15) is 12.4 Å². The molecule has 0 saturated carbocycles. The summed E-state index contributed by atoms with van der Waals surface area (Å²) in [5, 5.41) is 16.0. The van der Waals surface area contributed by atoms with Crippen LogP contribution >= 0.6 is 23.2 Å². The van der Waals surface area contributed by atoms with Crippen molar-refractivity contribution in [2.75, 3.05) is 18.5 Å². The Hall–Kier alpha value is -3.22. The maximum atomic E-state index is 12.2. The number of ether oxygens (including phenoxy) is 1. The minimum absolute atomic E-state index is 0.0515. The first-order chi connectivity index (χ1) is 17.3. The minimum Gasteiger partial charge on any atom is -0.491 e. The molecule has 2 atom stereocenters. The van der Waals surface area contributed by atoms with E-state index in [1.54, 1.807) is 18.2 Å². The van der Waals surface area contributed by atoms with E-state index in [9.17, 15) is 9.59 Å². The third kappa shape index (κ3) is 7.90. The molecule has 3 rings (SSSR count). The summed E-state index contributed by atoms with van der Waals surface area (Å²) in [5.74, 6) is -0.147. The Kier molecular flexibility index (Phi) is 10.0. The lowest BCUT2D eigenvalue weighted by atomic mass is 9.99. The molecular formula is C28H30Cl2N2O4. The van der Waals surface area contributed by atoms with Gasteiger partial charge in [0.25, 0.3) is 5.91 Å². The molecule has 0 aromatic heterocycles. The lowest BCUT2D eigenvalue weighted by Crippen LogP contribution is -2.33. The van der Waals surface area contributed by atoms with Gasteiger partial charge in [-0.1, -0.05) is 61.7 Å². The molecule has 0 heterocycles. The summed E-state index contributed by atoms with van der Waals surface area (Å²) in [4.78, 5) is 22.8. The van der Waals surface area contributed by atoms with Crippen LogP contribution in [0.3, 0.4) is 0 Å². The van der Waals surface area contributed by atoms with Gasteiger partial charge in [-0.2, -0.15) is 0 Å². The standard InChI is InChI=1S/C28H30Cl2N2O4/c1-3-18(2)26(32-22-9-4-20(5-10-22)28(35)31-15-14-27(33)34)17-36-23-11-6-19(7-12-23)24-13-8-21(29)16-25(24)30/h4-13,16,18,26,32H,3,14-15,17H2,1-2H3,(H,31,35)(H,33,34)/t18-,26+/m0/s1. The number of amides is 1. The second-order valence-corrected chi connectivity index (χ2v) is 9.42. The zero-order valence-electron chi connectivity index (χ0n) is 20.3. The largest absolute Gasteiger partial charge is 0.491 e. The summed E-state index contributed by atoms with van der Waals surface area (Å²) < 4.78 is 6.10. The van der Waals surface area contributed by atoms with Crippen LogP contribution in [-0.4, -0.2) is 36.2 Å². The number of hydrogen-bond acceptors (Lipinski definition) is 4. The quantitative estimate of drug-likeness (QED) is 0.241. The van der Waals surface area contributed by atoms with Crippen LogP contribution in [0.25, 0.3) is 11.1 Å². The molecule has 0 fully saturated rings. The van der Waals surface area contributed by atoms with Gasteiger partial charge in [-0.3, -0.25) is 9.59 Å². The first kappa shape index (κ1) is 27.4. The first-order valence-corrected chi connectivity index (χ1v) is 12.6. The Morgan fingerprint density at radius 3 is 2.31 bits per heavy atom. The predicted octanol–water partition coefficient (Wildman–Crippen LogP) is 6.77. The Labute approximate surface area is 221 Å². The summed E-state index contributed by atoms with van der Waals surface area (Å²) in [6, 6.07) is 20.4. The molecule has 3 N–H and O–H groups in total. The summed E-state index contributed by atoms with van der Waals surface area (Å²) in [5.41, 5.74) is 3.24. The lowest BCUT2D eigenvalue weighted by Gasteiger charge is -2.25. The van der Waals surface area contributed by atoms with Crippen LogP contribution in [0, 0.1) is 5.92 Å². The molecule has 3 aromatic carbocycles. The molecule has 0 spiro atoms. The Morgan fingerprint density at radius 2 is 1.69 bits per heavy atom. The fourth-order valence-corrected chi connectivity index (χ4v) is 4.11. The van der Waals surface area contributed by atoms with E-state index in [2.05, 4.69) is 24.5 Å². The smallest absolute Gasteiger partial charge is 0.305 e. The topological polar surface area (TPSA) is 87.7 Å². The van der Waals surface area contributed by atoms with Crippen molar-refractivity contribution in [2.45, 2.75) is 32.7 Å². The predicted molar refractivity (Wildman–Crippen MR) is 145 cm³/mol. The molecule has 190 valence electrons. The van der Waals surface area contributed by atoms with Crippen molar-refractivity contribution in [3.8, 4) is 16.9 Å². The average Bonchev–Trinajstić information content (AvgIpc) is 2.86. The molecule has 0 aliphatic heterocycles. The van der Waals surface area contributed by atoms with Gasteiger partial charge in [0.15, 0.2) is 0 Å². The minimum atomic E-state index is -0.949. The van der Waals surface area contributed by atoms with Crippen LogP contribution in [0.15, 0.2) is 66.7 Å². The zero-order valence-corrected chi connectivity index (χ0v) is 21.8. The van der Waals surface area contributed by atoms with Crippen molar-refractivity contribution in [2.24, 2.45) is 5.92 Å². The van der Waals surface area contributed by atoms with E-state index in [1.165, 1.54) is 0 Å². The maximum Gasteiger partial charge on any atom is 0.305 e. The number of anilines is 1. The second-order valence-electron chi connectivity index (χ2n) is 8.57. The van der Waals surface area contributed by atoms with E-state index >= 15 is 0 Å². The van der Waals surface area contributed by atoms with Crippen molar-refractivity contribution in [1.82, 2.24) is 5.32 Å². The number of benzene rings is 3. The highest BCUT2D eigenvalue weighted by molar-refractivity contribution is 6.36. The molecule has 0 unspecified atom stereocenters. The van der Waals surface area contributed by atoms with Gasteiger partial charge in [0.2, 0.25) is 0 Å². The molecule has 0 radical (unpaired) electrons. The highest BCUT2D eigenvalue weighted by atomic mass is 35.5. The van der Waals surface area contributed by atoms with Crippen LogP contribution in [0.5, 0.6) is 5.75 Å². The van der Waals surface area contributed by atoms with Crippen molar-refractivity contribution >= 4 is 40.8 Å². The van der Waals surface area contributed by atoms with Crippen LogP contribution < -0.4 is 15.4 Å². The number of aliphatic carboxylic acids is 1. The number of rotatable bonds is 12. The van der Waals surface area contributed by atoms with Crippen LogP contribution in [0.1, 0.15) is 37.0 Å². The summed E-state index contributed by atoms with van der Waals surface area (Å²) in [7, 11) is 0. The van der Waals surface area contributed by atoms with Crippen LogP contribution in [-0.2, 0) is 4.79 Å². The monoisotopic (exact) mass is 528 g/mol. The molecule has 0 aliphatic carbocycles. The van der Waals surface area contributed by atoms with E-state index < -0.39 is 5.97 Å². The second kappa shape index (κ2) is 13.2. The van der Waals surface area contributed by atoms with Crippen molar-refractivity contribution in [3.63, 3.8) is 0 Å². The molecule has 3 aromatic rings. The zero-order chi connectivity index (χ0) is 26.1. The van der Waals surface area contributed by atoms with E-state index in [4.69, 9.17) is 33.0 Å². The Morgan fingerprint density at radius 1 is 1.00 bits per heavy atom. The molecule has 0 bridgehead atoms. The number of halogens is 2. The number of carbonyl (C=O) groups excluding carboxylic acids is 1. The molecule has 1 amide bonds. The van der Waals surface area contributed by atoms with E-state index in [0.29, 0.717) is 28.1 Å². The van der Waals surface area contributed by atoms with Gasteiger partial charge < -0.3 is 20.5 Å². The number of hydrogen-bond donors (Lipinski definition) is 3. The fourth-order valence-electron chi connectivity index (χ4n) is 3.59. The highest BCUT2D eigenvalue weighted by Gasteiger charge is 2.17. The van der Waals surface area contributed by atoms with Gasteiger partial charge >= 0.3 is 5.97 Å². The van der Waals surface area contributed by atoms with E-state index in [0.717, 1.165) is 29.0 Å². The van der Waals surface area contributed by atoms with Crippen LogP contribution in [0.2, 0.25) is 10.0 Å². The van der Waals surface area contributed by atoms with Gasteiger partial charge in [0, 0.05) is 33.4 Å². The highest BCUT2D eigenvalue weighted by Crippen LogP contribution is 2.31. The average molecular weight is 529 g/mol. The van der Waals surface area contributed by atoms with E-state index in [1.807, 2.05) is 48.5 Å². The fraction of sp³-hybridized carbons (Fsp3) is 0.286. The lowest BCUT2D eigenvalue weighted by molar-refractivity contribution is -0.136. The van der Waals surface area contributed by atoms with Crippen LogP contribution in [0.4, 0.5) is 5.69 Å². The van der Waals surface area contributed by atoms with Gasteiger partial charge in [-0.05, 0) is 60.0 Å². The molecule has 6 nitrogen and oxygen atoms in total.